The molecule has 0 fully saturated rings. The molecule has 0 spiro atoms. The van der Waals surface area contributed by atoms with Crippen LogP contribution in [0.3, 0.4) is 0 Å². The molecule has 2 aliphatic rings. The van der Waals surface area contributed by atoms with Crippen molar-refractivity contribution in [1.82, 2.24) is 24.6 Å². The Kier molecular flexibility index (Phi) is 4.17. The van der Waals surface area contributed by atoms with Gasteiger partial charge in [0.05, 0.1) is 19.1 Å². The van der Waals surface area contributed by atoms with Gasteiger partial charge in [0.1, 0.15) is 29.9 Å². The van der Waals surface area contributed by atoms with E-state index in [1.807, 2.05) is 0 Å². The predicted molar refractivity (Wildman–Crippen MR) is 106 cm³/mol. The van der Waals surface area contributed by atoms with Gasteiger partial charge in [-0.05, 0) is 18.2 Å². The van der Waals surface area contributed by atoms with Gasteiger partial charge in [0.2, 0.25) is 0 Å². The second kappa shape index (κ2) is 7.08. The molecule has 8 nitrogen and oxygen atoms in total. The van der Waals surface area contributed by atoms with E-state index in [0.29, 0.717) is 40.7 Å². The SMILES string of the molecule is Fc1ccc2c3c1CNc1c(cc(-c4cncnc4C(F)F)c4nncn14)OC[C@H]3CO2. The van der Waals surface area contributed by atoms with Gasteiger partial charge in [-0.1, -0.05) is 0 Å². The summed E-state index contributed by atoms with van der Waals surface area (Å²) in [6.45, 7) is 0.762. The number of alkyl halides is 2. The summed E-state index contributed by atoms with van der Waals surface area (Å²) in [5.41, 5.74) is 1.67. The van der Waals surface area contributed by atoms with Crippen molar-refractivity contribution in [2.45, 2.75) is 18.9 Å². The monoisotopic (exact) mass is 440 g/mol. The van der Waals surface area contributed by atoms with Crippen LogP contribution in [0.4, 0.5) is 19.0 Å². The maximum atomic E-state index is 14.7. The molecule has 0 radical (unpaired) electrons. The minimum atomic E-state index is -2.80. The minimum Gasteiger partial charge on any atom is -0.493 e. The van der Waals surface area contributed by atoms with Crippen molar-refractivity contribution in [3.8, 4) is 22.6 Å². The van der Waals surface area contributed by atoms with Crippen LogP contribution >= 0.6 is 0 Å². The zero-order valence-corrected chi connectivity index (χ0v) is 16.4. The number of hydrogen-bond donors (Lipinski definition) is 1. The number of nitrogens with zero attached hydrogens (tertiary/aromatic N) is 5. The van der Waals surface area contributed by atoms with Crippen molar-refractivity contribution < 1.29 is 22.6 Å². The predicted octanol–water partition coefficient (Wildman–Crippen LogP) is 3.74. The first-order chi connectivity index (χ1) is 15.6. The summed E-state index contributed by atoms with van der Waals surface area (Å²) in [6, 6.07) is 4.62. The summed E-state index contributed by atoms with van der Waals surface area (Å²) >= 11 is 0. The van der Waals surface area contributed by atoms with E-state index in [2.05, 4.69) is 25.5 Å². The fraction of sp³-hybridized carbons (Fsp3) is 0.238. The smallest absolute Gasteiger partial charge is 0.281 e. The average molecular weight is 440 g/mol. The number of ether oxygens (including phenoxy) is 2. The molecule has 4 aromatic rings. The standard InChI is InChI=1S/C21H15F3N6O2/c22-14-1-2-15-17-10(6-31-15)7-32-16-3-11(12-4-25-8-27-18(12)19(23)24)20-29-28-9-30(20)21(16)26-5-13(14)17/h1-4,8-10,19,26H,5-7H2/t10-/m1/s1. The molecule has 1 aromatic carbocycles. The van der Waals surface area contributed by atoms with E-state index in [0.717, 1.165) is 11.9 Å². The lowest BCUT2D eigenvalue weighted by molar-refractivity contribution is 0.146. The molecule has 32 heavy (non-hydrogen) atoms. The normalized spacial score (nSPS) is 16.9. The summed E-state index contributed by atoms with van der Waals surface area (Å²) in [5, 5.41) is 11.3. The van der Waals surface area contributed by atoms with E-state index in [-0.39, 0.29) is 30.5 Å². The highest BCUT2D eigenvalue weighted by Crippen LogP contribution is 2.42. The van der Waals surface area contributed by atoms with E-state index >= 15 is 0 Å². The first-order valence-corrected chi connectivity index (χ1v) is 9.87. The number of aromatic nitrogens is 5. The highest BCUT2D eigenvalue weighted by Gasteiger charge is 2.32. The maximum absolute atomic E-state index is 14.7. The number of hydrogen-bond acceptors (Lipinski definition) is 7. The van der Waals surface area contributed by atoms with Crippen LogP contribution in [0.25, 0.3) is 16.8 Å². The topological polar surface area (TPSA) is 86.5 Å². The Morgan fingerprint density at radius 3 is 2.81 bits per heavy atom. The molecule has 6 rings (SSSR count). The van der Waals surface area contributed by atoms with Crippen LogP contribution in [0.1, 0.15) is 29.2 Å². The highest BCUT2D eigenvalue weighted by atomic mass is 19.3. The van der Waals surface area contributed by atoms with Gasteiger partial charge in [0, 0.05) is 35.0 Å². The third-order valence-corrected chi connectivity index (χ3v) is 5.76. The molecule has 0 saturated heterocycles. The van der Waals surface area contributed by atoms with Crippen LogP contribution in [0.5, 0.6) is 11.5 Å². The quantitative estimate of drug-likeness (QED) is 0.508. The number of anilines is 1. The van der Waals surface area contributed by atoms with E-state index in [1.54, 1.807) is 16.5 Å². The van der Waals surface area contributed by atoms with Crippen LogP contribution in [-0.2, 0) is 6.54 Å². The van der Waals surface area contributed by atoms with Crippen molar-refractivity contribution >= 4 is 11.5 Å². The number of nitrogens with one attached hydrogen (secondary N) is 1. The van der Waals surface area contributed by atoms with Crippen molar-refractivity contribution in [2.24, 2.45) is 0 Å². The lowest BCUT2D eigenvalue weighted by Crippen LogP contribution is -2.13. The van der Waals surface area contributed by atoms with Crippen molar-refractivity contribution in [3.63, 3.8) is 0 Å². The lowest BCUT2D eigenvalue weighted by Gasteiger charge is -2.17. The number of benzene rings is 1. The lowest BCUT2D eigenvalue weighted by atomic mass is 9.96. The maximum Gasteiger partial charge on any atom is 0.281 e. The zero-order valence-electron chi connectivity index (χ0n) is 16.4. The van der Waals surface area contributed by atoms with Crippen molar-refractivity contribution in [3.05, 3.63) is 59.7 Å². The van der Waals surface area contributed by atoms with Gasteiger partial charge < -0.3 is 14.8 Å². The molecule has 3 aromatic heterocycles. The third-order valence-electron chi connectivity index (χ3n) is 5.76. The molecule has 0 aliphatic carbocycles. The second-order valence-electron chi connectivity index (χ2n) is 7.53. The Balaban J connectivity index is 1.53. The van der Waals surface area contributed by atoms with Crippen LogP contribution in [0.2, 0.25) is 0 Å². The van der Waals surface area contributed by atoms with Gasteiger partial charge in [0.15, 0.2) is 17.2 Å². The fourth-order valence-corrected chi connectivity index (χ4v) is 4.30. The van der Waals surface area contributed by atoms with Crippen LogP contribution in [-0.4, -0.2) is 37.8 Å². The van der Waals surface area contributed by atoms with Crippen molar-refractivity contribution in [1.29, 1.82) is 0 Å². The summed E-state index contributed by atoms with van der Waals surface area (Å²) in [7, 11) is 0. The number of fused-ring (bicyclic) bond motifs is 3. The molecule has 0 bridgehead atoms. The van der Waals surface area contributed by atoms with E-state index in [9.17, 15) is 13.2 Å². The molecule has 162 valence electrons. The Hall–Kier alpha value is -3.89. The van der Waals surface area contributed by atoms with Gasteiger partial charge >= 0.3 is 0 Å². The third kappa shape index (κ3) is 2.77. The molecular weight excluding hydrogens is 425 g/mol. The summed E-state index contributed by atoms with van der Waals surface area (Å²) < 4.78 is 55.3. The molecule has 11 heteroatoms. The Labute approximate surface area is 179 Å². The summed E-state index contributed by atoms with van der Waals surface area (Å²) in [6.07, 6.45) is 1.03. The Bertz CT molecular complexity index is 1360. The van der Waals surface area contributed by atoms with Crippen LogP contribution < -0.4 is 14.8 Å². The molecule has 0 unspecified atom stereocenters. The van der Waals surface area contributed by atoms with E-state index in [4.69, 9.17) is 9.47 Å². The Morgan fingerprint density at radius 2 is 1.97 bits per heavy atom. The van der Waals surface area contributed by atoms with Gasteiger partial charge in [-0.2, -0.15) is 0 Å². The van der Waals surface area contributed by atoms with Crippen LogP contribution in [0, 0.1) is 5.82 Å². The molecule has 2 aliphatic heterocycles. The molecular formula is C21H15F3N6O2. The molecule has 1 atom stereocenters. The van der Waals surface area contributed by atoms with Crippen molar-refractivity contribution in [2.75, 3.05) is 18.5 Å². The van der Waals surface area contributed by atoms with Gasteiger partial charge in [-0.3, -0.25) is 4.40 Å². The number of pyridine rings is 1. The number of halogens is 3. The van der Waals surface area contributed by atoms with Gasteiger partial charge in [-0.25, -0.2) is 23.1 Å². The minimum absolute atomic E-state index is 0.132. The van der Waals surface area contributed by atoms with E-state index < -0.39 is 12.1 Å². The van der Waals surface area contributed by atoms with Crippen LogP contribution in [0.15, 0.2) is 37.1 Å². The van der Waals surface area contributed by atoms with Gasteiger partial charge in [-0.15, -0.1) is 10.2 Å². The second-order valence-corrected chi connectivity index (χ2v) is 7.53. The summed E-state index contributed by atoms with van der Waals surface area (Å²) in [5.74, 6) is 1.01. The highest BCUT2D eigenvalue weighted by molar-refractivity contribution is 5.82. The zero-order chi connectivity index (χ0) is 21.8. The largest absolute Gasteiger partial charge is 0.493 e. The van der Waals surface area contributed by atoms with Gasteiger partial charge in [0.25, 0.3) is 6.43 Å². The average Bonchev–Trinajstić information content (AvgIpc) is 3.45. The first-order valence-electron chi connectivity index (χ1n) is 9.87. The number of rotatable bonds is 2. The Morgan fingerprint density at radius 1 is 1.12 bits per heavy atom. The molecule has 0 saturated carbocycles. The summed E-state index contributed by atoms with van der Waals surface area (Å²) in [4.78, 5) is 7.65. The molecule has 5 heterocycles. The first kappa shape index (κ1) is 18.8. The molecule has 1 N–H and O–H groups in total. The molecule has 0 amide bonds. The fourth-order valence-electron chi connectivity index (χ4n) is 4.30. The van der Waals surface area contributed by atoms with E-state index in [1.165, 1.54) is 18.6 Å².